The lowest BCUT2D eigenvalue weighted by molar-refractivity contribution is -0.318. The molecule has 1 heterocycles. The Labute approximate surface area is 153 Å². The summed E-state index contributed by atoms with van der Waals surface area (Å²) in [5.74, 6) is -5.76. The Morgan fingerprint density at radius 3 is 2.11 bits per heavy atom. The number of hydrogen-bond acceptors (Lipinski definition) is 10. The van der Waals surface area contributed by atoms with Gasteiger partial charge in [-0.15, -0.1) is 0 Å². The summed E-state index contributed by atoms with van der Waals surface area (Å²) in [6, 6.07) is -1.62. The Morgan fingerprint density at radius 1 is 1.11 bits per heavy atom. The molecule has 1 aliphatic heterocycles. The van der Waals surface area contributed by atoms with Gasteiger partial charge in [0.2, 0.25) is 5.91 Å². The Kier molecular flexibility index (Phi) is 7.52. The maximum Gasteiger partial charge on any atom is 0.303 e. The number of nitrogens with zero attached hydrogens (tertiary/aromatic N) is 3. The molecule has 13 heteroatoms. The first-order valence-electron chi connectivity index (χ1n) is 7.71. The van der Waals surface area contributed by atoms with E-state index in [0.717, 1.165) is 27.7 Å². The predicted molar refractivity (Wildman–Crippen MR) is 84.3 cm³/mol. The molecule has 1 aliphatic rings. The second-order valence-electron chi connectivity index (χ2n) is 5.63. The monoisotopic (exact) mass is 388 g/mol. The molecule has 13 nitrogen and oxygen atoms in total. The van der Waals surface area contributed by atoms with Gasteiger partial charge in [0.1, 0.15) is 18.8 Å². The maximum atomic E-state index is 11.5. The van der Waals surface area contributed by atoms with Gasteiger partial charge >= 0.3 is 17.9 Å². The normalized spacial score (nSPS) is 29.7. The molecule has 2 N–H and O–H groups in total. The van der Waals surface area contributed by atoms with Crippen molar-refractivity contribution in [2.24, 2.45) is 5.11 Å². The van der Waals surface area contributed by atoms with Crippen molar-refractivity contribution in [1.82, 2.24) is 5.32 Å². The number of rotatable bonds is 6. The van der Waals surface area contributed by atoms with Crippen LogP contribution in [0.15, 0.2) is 5.11 Å². The van der Waals surface area contributed by atoms with Crippen LogP contribution in [0.4, 0.5) is 0 Å². The summed E-state index contributed by atoms with van der Waals surface area (Å²) < 4.78 is 20.3. The predicted octanol–water partition coefficient (Wildman–Crippen LogP) is -0.727. The fourth-order valence-electron chi connectivity index (χ4n) is 2.51. The standard InChI is InChI=1S/C14H20N4O9/c1-6(19)16-13-12(26-9(4)22)11(25-8(3)21)10(5-24-7(2)20)27-14(13,23)17-18-15/h10-13,23H,5H2,1-4H3,(H,16,19)/t10-,11-,12+,13-,14-/m1/s1. The molecule has 150 valence electrons. The van der Waals surface area contributed by atoms with E-state index in [1.54, 1.807) is 0 Å². The highest BCUT2D eigenvalue weighted by atomic mass is 16.7. The van der Waals surface area contributed by atoms with E-state index in [1.165, 1.54) is 0 Å². The zero-order valence-electron chi connectivity index (χ0n) is 15.1. The highest BCUT2D eigenvalue weighted by Gasteiger charge is 2.58. The second-order valence-corrected chi connectivity index (χ2v) is 5.63. The molecule has 0 saturated carbocycles. The van der Waals surface area contributed by atoms with Crippen LogP contribution in [-0.4, -0.2) is 65.8 Å². The highest BCUT2D eigenvalue weighted by molar-refractivity contribution is 5.74. The number of carbonyl (C=O) groups is 4. The Morgan fingerprint density at radius 2 is 1.67 bits per heavy atom. The molecular weight excluding hydrogens is 368 g/mol. The van der Waals surface area contributed by atoms with Crippen LogP contribution >= 0.6 is 0 Å². The van der Waals surface area contributed by atoms with Gasteiger partial charge in [-0.3, -0.25) is 19.2 Å². The Bertz CT molecular complexity index is 663. The number of azide groups is 1. The zero-order valence-corrected chi connectivity index (χ0v) is 15.1. The van der Waals surface area contributed by atoms with Crippen molar-refractivity contribution in [1.29, 1.82) is 0 Å². The summed E-state index contributed by atoms with van der Waals surface area (Å²) >= 11 is 0. The van der Waals surface area contributed by atoms with Crippen LogP contribution in [-0.2, 0) is 38.1 Å². The first-order chi connectivity index (χ1) is 12.5. The summed E-state index contributed by atoms with van der Waals surface area (Å²) in [7, 11) is 0. The minimum atomic E-state index is -2.72. The zero-order chi connectivity index (χ0) is 20.8. The van der Waals surface area contributed by atoms with Crippen LogP contribution in [0.25, 0.3) is 10.4 Å². The van der Waals surface area contributed by atoms with Gasteiger partial charge in [0.05, 0.1) is 0 Å². The van der Waals surface area contributed by atoms with Crippen LogP contribution in [0.5, 0.6) is 0 Å². The summed E-state index contributed by atoms with van der Waals surface area (Å²) in [4.78, 5) is 48.1. The number of ether oxygens (including phenoxy) is 4. The van der Waals surface area contributed by atoms with Crippen LogP contribution in [0.3, 0.4) is 0 Å². The lowest BCUT2D eigenvalue weighted by Crippen LogP contribution is -2.70. The topological polar surface area (TPSA) is 186 Å². The molecule has 1 rings (SSSR count). The first kappa shape index (κ1) is 22.2. The molecule has 1 amide bonds. The highest BCUT2D eigenvalue weighted by Crippen LogP contribution is 2.33. The van der Waals surface area contributed by atoms with E-state index in [9.17, 15) is 24.3 Å². The van der Waals surface area contributed by atoms with Crippen molar-refractivity contribution in [2.75, 3.05) is 6.61 Å². The lowest BCUT2D eigenvalue weighted by atomic mass is 9.93. The first-order valence-corrected chi connectivity index (χ1v) is 7.71. The van der Waals surface area contributed by atoms with Gasteiger partial charge in [-0.05, 0) is 10.6 Å². The van der Waals surface area contributed by atoms with Crippen LogP contribution in [0.2, 0.25) is 0 Å². The van der Waals surface area contributed by atoms with Crippen molar-refractivity contribution in [3.8, 4) is 0 Å². The van der Waals surface area contributed by atoms with E-state index in [4.69, 9.17) is 24.5 Å². The van der Waals surface area contributed by atoms with Gasteiger partial charge in [-0.1, -0.05) is 0 Å². The van der Waals surface area contributed by atoms with Crippen molar-refractivity contribution in [3.63, 3.8) is 0 Å². The Hall–Kier alpha value is -2.89. The van der Waals surface area contributed by atoms with Gasteiger partial charge in [-0.25, -0.2) is 0 Å². The second kappa shape index (κ2) is 9.16. The largest absolute Gasteiger partial charge is 0.463 e. The van der Waals surface area contributed by atoms with E-state index in [2.05, 4.69) is 15.3 Å². The average Bonchev–Trinajstić information content (AvgIpc) is 2.51. The van der Waals surface area contributed by atoms with Crippen LogP contribution in [0.1, 0.15) is 27.7 Å². The van der Waals surface area contributed by atoms with E-state index >= 15 is 0 Å². The van der Waals surface area contributed by atoms with E-state index < -0.39 is 60.7 Å². The van der Waals surface area contributed by atoms with E-state index in [1.807, 2.05) is 0 Å². The third kappa shape index (κ3) is 6.09. The minimum absolute atomic E-state index is 0.527. The van der Waals surface area contributed by atoms with Crippen LogP contribution < -0.4 is 5.32 Å². The summed E-state index contributed by atoms with van der Waals surface area (Å²) in [6.07, 6.45) is -4.28. The fourth-order valence-corrected chi connectivity index (χ4v) is 2.51. The van der Waals surface area contributed by atoms with Gasteiger partial charge < -0.3 is 29.4 Å². The molecule has 1 saturated heterocycles. The molecule has 0 bridgehead atoms. The Balaban J connectivity index is 3.43. The molecule has 0 unspecified atom stereocenters. The smallest absolute Gasteiger partial charge is 0.303 e. The molecule has 0 spiro atoms. The molecule has 0 radical (unpaired) electrons. The quantitative estimate of drug-likeness (QED) is 0.194. The molecule has 0 aromatic rings. The van der Waals surface area contributed by atoms with Crippen molar-refractivity contribution >= 4 is 23.8 Å². The third-order valence-electron chi connectivity index (χ3n) is 3.35. The molecule has 27 heavy (non-hydrogen) atoms. The molecule has 0 aromatic heterocycles. The van der Waals surface area contributed by atoms with E-state index in [0.29, 0.717) is 0 Å². The van der Waals surface area contributed by atoms with Crippen LogP contribution in [0, 0.1) is 0 Å². The maximum absolute atomic E-state index is 11.5. The van der Waals surface area contributed by atoms with Gasteiger partial charge in [0, 0.05) is 32.6 Å². The fraction of sp³-hybridized carbons (Fsp3) is 0.714. The van der Waals surface area contributed by atoms with Gasteiger partial charge in [0.25, 0.3) is 5.91 Å². The van der Waals surface area contributed by atoms with Gasteiger partial charge in [-0.2, -0.15) is 0 Å². The van der Waals surface area contributed by atoms with Crippen molar-refractivity contribution in [3.05, 3.63) is 10.4 Å². The van der Waals surface area contributed by atoms with E-state index in [-0.39, 0.29) is 0 Å². The summed E-state index contributed by atoms with van der Waals surface area (Å²) in [5.41, 5.74) is 8.75. The number of aliphatic hydroxyl groups is 1. The number of hydrogen-bond donors (Lipinski definition) is 2. The molecule has 5 atom stereocenters. The summed E-state index contributed by atoms with van der Waals surface area (Å²) in [5, 5.41) is 16.0. The number of amides is 1. The third-order valence-corrected chi connectivity index (χ3v) is 3.35. The van der Waals surface area contributed by atoms with Crippen molar-refractivity contribution in [2.45, 2.75) is 58.0 Å². The average molecular weight is 388 g/mol. The SMILES string of the molecule is CC(=O)N[C@@H]1[C@@H](OC(C)=O)[C@H](OC(C)=O)[C@@H](COC(C)=O)O[C@@]1(O)N=[N+]=[N-]. The number of esters is 3. The molecule has 0 aliphatic carbocycles. The number of carbonyl (C=O) groups excluding carboxylic acids is 4. The lowest BCUT2D eigenvalue weighted by Gasteiger charge is -2.47. The van der Waals surface area contributed by atoms with Crippen molar-refractivity contribution < 1.29 is 43.2 Å². The molecule has 1 fully saturated rings. The molecule has 0 aromatic carbocycles. The number of nitrogens with one attached hydrogen (secondary N) is 1. The summed E-state index contributed by atoms with van der Waals surface area (Å²) in [6.45, 7) is 3.77. The van der Waals surface area contributed by atoms with Gasteiger partial charge in [0.15, 0.2) is 12.2 Å². The molecular formula is C14H20N4O9. The minimum Gasteiger partial charge on any atom is -0.463 e.